The van der Waals surface area contributed by atoms with E-state index in [-0.39, 0.29) is 23.2 Å². The highest BCUT2D eigenvalue weighted by atomic mass is 35.5. The zero-order chi connectivity index (χ0) is 26.0. The van der Waals surface area contributed by atoms with E-state index in [0.717, 1.165) is 38.5 Å². The van der Waals surface area contributed by atoms with E-state index in [1.165, 1.54) is 25.3 Å². The van der Waals surface area contributed by atoms with Crippen LogP contribution in [0.4, 0.5) is 13.2 Å². The molecule has 3 nitrogen and oxygen atoms in total. The fourth-order valence-corrected chi connectivity index (χ4v) is 4.96. The molecule has 0 saturated carbocycles. The Morgan fingerprint density at radius 3 is 2.42 bits per heavy atom. The van der Waals surface area contributed by atoms with Crippen LogP contribution in [0.2, 0.25) is 0 Å². The number of nitrogens with zero attached hydrogens (tertiary/aromatic N) is 1. The van der Waals surface area contributed by atoms with Gasteiger partial charge in [-0.1, -0.05) is 70.9 Å². The summed E-state index contributed by atoms with van der Waals surface area (Å²) in [6.45, 7) is 5.06. The molecule has 2 unspecified atom stereocenters. The first kappa shape index (κ1) is 28.6. The Labute approximate surface area is 218 Å². The fraction of sp³-hybridized carbons (Fsp3) is 0.621. The molecule has 7 heteroatoms. The molecule has 36 heavy (non-hydrogen) atoms. The van der Waals surface area contributed by atoms with Crippen LogP contribution in [0, 0.1) is 5.95 Å². The second kappa shape index (κ2) is 14.1. The summed E-state index contributed by atoms with van der Waals surface area (Å²) in [6.07, 6.45) is 10.1. The van der Waals surface area contributed by atoms with Crippen LogP contribution >= 0.6 is 11.6 Å². The maximum Gasteiger partial charge on any atom is 0.284 e. The van der Waals surface area contributed by atoms with Crippen LogP contribution in [0.3, 0.4) is 0 Å². The Morgan fingerprint density at radius 2 is 1.69 bits per heavy atom. The molecule has 0 bridgehead atoms. The summed E-state index contributed by atoms with van der Waals surface area (Å²) < 4.78 is 57.2. The van der Waals surface area contributed by atoms with Crippen molar-refractivity contribution in [1.29, 1.82) is 0 Å². The van der Waals surface area contributed by atoms with E-state index in [0.29, 0.717) is 30.9 Å². The summed E-state index contributed by atoms with van der Waals surface area (Å²) in [5, 5.41) is -0.0843. The lowest BCUT2D eigenvalue weighted by molar-refractivity contribution is -0.0475. The Bertz CT molecular complexity index is 939. The van der Waals surface area contributed by atoms with E-state index in [1.807, 2.05) is 0 Å². The molecule has 1 aliphatic carbocycles. The summed E-state index contributed by atoms with van der Waals surface area (Å²) in [6, 6.07) is 8.11. The molecule has 3 rings (SSSR count). The van der Waals surface area contributed by atoms with Gasteiger partial charge in [-0.05, 0) is 48.9 Å². The Kier molecular flexibility index (Phi) is 11.2. The molecule has 1 aromatic carbocycles. The van der Waals surface area contributed by atoms with Gasteiger partial charge in [0.05, 0.1) is 23.5 Å². The maximum absolute atomic E-state index is 15.5. The zero-order valence-corrected chi connectivity index (χ0v) is 22.3. The molecular weight excluding hydrogens is 487 g/mol. The molecule has 1 aliphatic rings. The first-order chi connectivity index (χ1) is 17.4. The summed E-state index contributed by atoms with van der Waals surface area (Å²) in [5.74, 6) is -4.96. The van der Waals surface area contributed by atoms with Gasteiger partial charge in [0.15, 0.2) is 0 Å². The minimum Gasteiger partial charge on any atom is -0.492 e. The minimum atomic E-state index is -3.37. The number of benzene rings is 1. The van der Waals surface area contributed by atoms with E-state index < -0.39 is 23.4 Å². The van der Waals surface area contributed by atoms with Crippen molar-refractivity contribution in [3.05, 3.63) is 53.0 Å². The number of hydrogen-bond acceptors (Lipinski definition) is 3. The van der Waals surface area contributed by atoms with E-state index in [9.17, 15) is 4.39 Å². The van der Waals surface area contributed by atoms with Gasteiger partial charge in [0.1, 0.15) is 12.4 Å². The predicted molar refractivity (Wildman–Crippen MR) is 139 cm³/mol. The maximum atomic E-state index is 15.5. The van der Waals surface area contributed by atoms with Gasteiger partial charge in [0, 0.05) is 6.07 Å². The van der Waals surface area contributed by atoms with Crippen molar-refractivity contribution in [3.63, 3.8) is 0 Å². The SMILES string of the molecule is CCCCCCCCOc1cc2c(c(F)n1)C(F)(F)C(c1ccc(OCC(Cl)CCCC)cc1)CC2. The minimum absolute atomic E-state index is 0.0843. The standard InChI is InChI=1S/C29H39ClF3NO2/c1-3-5-7-8-9-10-18-35-26-19-22-14-17-25(29(32,33)27(22)28(31)34-26)21-12-15-24(16-13-21)36-20-23(30)11-6-4-2/h12-13,15-16,19,23,25H,3-11,14,17-18,20H2,1-2H3. The van der Waals surface area contributed by atoms with E-state index in [4.69, 9.17) is 21.1 Å². The smallest absolute Gasteiger partial charge is 0.284 e. The van der Waals surface area contributed by atoms with Crippen LogP contribution in [-0.2, 0) is 12.3 Å². The van der Waals surface area contributed by atoms with Gasteiger partial charge in [-0.2, -0.15) is 9.37 Å². The molecule has 1 heterocycles. The second-order valence-electron chi connectivity index (χ2n) is 9.74. The lowest BCUT2D eigenvalue weighted by Crippen LogP contribution is -2.32. The van der Waals surface area contributed by atoms with E-state index >= 15 is 8.78 Å². The van der Waals surface area contributed by atoms with Gasteiger partial charge in [-0.25, -0.2) is 8.78 Å². The van der Waals surface area contributed by atoms with Crippen molar-refractivity contribution in [2.24, 2.45) is 0 Å². The van der Waals surface area contributed by atoms with Gasteiger partial charge in [0.25, 0.3) is 5.92 Å². The molecule has 0 amide bonds. The number of aromatic nitrogens is 1. The predicted octanol–water partition coefficient (Wildman–Crippen LogP) is 8.96. The number of unbranched alkanes of at least 4 members (excludes halogenated alkanes) is 6. The molecule has 0 N–H and O–H groups in total. The largest absolute Gasteiger partial charge is 0.492 e. The number of rotatable bonds is 15. The van der Waals surface area contributed by atoms with Crippen molar-refractivity contribution >= 4 is 11.6 Å². The molecule has 0 saturated heterocycles. The highest BCUT2D eigenvalue weighted by molar-refractivity contribution is 6.20. The Hall–Kier alpha value is -1.95. The second-order valence-corrected chi connectivity index (χ2v) is 10.4. The third-order valence-corrected chi connectivity index (χ3v) is 7.18. The molecule has 0 spiro atoms. The van der Waals surface area contributed by atoms with Crippen LogP contribution in [0.5, 0.6) is 11.6 Å². The molecule has 2 atom stereocenters. The normalized spacial score (nSPS) is 17.4. The monoisotopic (exact) mass is 525 g/mol. The number of pyridine rings is 1. The van der Waals surface area contributed by atoms with E-state index in [2.05, 4.69) is 18.8 Å². The van der Waals surface area contributed by atoms with Crippen LogP contribution in [0.25, 0.3) is 0 Å². The highest BCUT2D eigenvalue weighted by Crippen LogP contribution is 2.50. The highest BCUT2D eigenvalue weighted by Gasteiger charge is 2.49. The quantitative estimate of drug-likeness (QED) is 0.132. The Morgan fingerprint density at radius 1 is 1.00 bits per heavy atom. The van der Waals surface area contributed by atoms with Gasteiger partial charge in [-0.3, -0.25) is 0 Å². The molecule has 1 aromatic heterocycles. The van der Waals surface area contributed by atoms with Crippen LogP contribution < -0.4 is 9.47 Å². The van der Waals surface area contributed by atoms with Crippen molar-refractivity contribution in [3.8, 4) is 11.6 Å². The Balaban J connectivity index is 1.61. The molecular formula is C29H39ClF3NO2. The third-order valence-electron chi connectivity index (χ3n) is 6.84. The van der Waals surface area contributed by atoms with Crippen LogP contribution in [0.15, 0.2) is 30.3 Å². The summed E-state index contributed by atoms with van der Waals surface area (Å²) >= 11 is 6.26. The van der Waals surface area contributed by atoms with Gasteiger partial charge < -0.3 is 9.47 Å². The number of aryl methyl sites for hydroxylation is 1. The molecule has 200 valence electrons. The average molecular weight is 526 g/mol. The number of hydrogen-bond donors (Lipinski definition) is 0. The van der Waals surface area contributed by atoms with Crippen molar-refractivity contribution in [1.82, 2.24) is 4.98 Å². The van der Waals surface area contributed by atoms with Crippen molar-refractivity contribution in [2.75, 3.05) is 13.2 Å². The molecule has 0 fully saturated rings. The first-order valence-electron chi connectivity index (χ1n) is 13.4. The molecule has 0 radical (unpaired) electrons. The van der Waals surface area contributed by atoms with Gasteiger partial charge >= 0.3 is 0 Å². The lowest BCUT2D eigenvalue weighted by Gasteiger charge is -2.33. The zero-order valence-electron chi connectivity index (χ0n) is 21.5. The summed E-state index contributed by atoms with van der Waals surface area (Å²) in [5.41, 5.74) is 0.128. The number of ether oxygens (including phenoxy) is 2. The average Bonchev–Trinajstić information content (AvgIpc) is 2.85. The summed E-state index contributed by atoms with van der Waals surface area (Å²) in [4.78, 5) is 3.73. The lowest BCUT2D eigenvalue weighted by atomic mass is 9.77. The first-order valence-corrected chi connectivity index (χ1v) is 13.9. The van der Waals surface area contributed by atoms with Crippen molar-refractivity contribution in [2.45, 2.75) is 102 Å². The van der Waals surface area contributed by atoms with Crippen molar-refractivity contribution < 1.29 is 22.6 Å². The molecule has 2 aromatic rings. The van der Waals surface area contributed by atoms with E-state index in [1.54, 1.807) is 24.3 Å². The van der Waals surface area contributed by atoms with Gasteiger partial charge in [0.2, 0.25) is 11.8 Å². The number of alkyl halides is 3. The van der Waals surface area contributed by atoms with Crippen LogP contribution in [-0.4, -0.2) is 23.6 Å². The third kappa shape index (κ3) is 7.77. The molecule has 0 aliphatic heterocycles. The number of fused-ring (bicyclic) bond motifs is 1. The topological polar surface area (TPSA) is 31.4 Å². The van der Waals surface area contributed by atoms with Crippen LogP contribution in [0.1, 0.15) is 101 Å². The number of halogens is 4. The summed E-state index contributed by atoms with van der Waals surface area (Å²) in [7, 11) is 0. The fourth-order valence-electron chi connectivity index (χ4n) is 4.74. The van der Waals surface area contributed by atoms with Gasteiger partial charge in [-0.15, -0.1) is 11.6 Å².